The van der Waals surface area contributed by atoms with Crippen molar-refractivity contribution in [1.29, 1.82) is 0 Å². The lowest BCUT2D eigenvalue weighted by Gasteiger charge is -2.17. The molecule has 1 aromatic heterocycles. The fourth-order valence-corrected chi connectivity index (χ4v) is 2.65. The molecule has 5 nitrogen and oxygen atoms in total. The molecule has 2 aromatic rings. The fourth-order valence-electron chi connectivity index (χ4n) is 2.41. The number of amides is 1. The number of halogens is 2. The average Bonchev–Trinajstić information content (AvgIpc) is 2.97. The first-order chi connectivity index (χ1) is 10.0. The van der Waals surface area contributed by atoms with Crippen molar-refractivity contribution in [3.05, 3.63) is 46.8 Å². The third-order valence-electron chi connectivity index (χ3n) is 3.50. The molecule has 0 fully saturated rings. The van der Waals surface area contributed by atoms with E-state index in [2.05, 4.69) is 4.98 Å². The van der Waals surface area contributed by atoms with E-state index in [0.29, 0.717) is 6.54 Å². The zero-order valence-electron chi connectivity index (χ0n) is 11.1. The van der Waals surface area contributed by atoms with Crippen LogP contribution in [-0.2, 0) is 11.3 Å². The van der Waals surface area contributed by atoms with Gasteiger partial charge in [-0.1, -0.05) is 11.6 Å². The predicted octanol–water partition coefficient (Wildman–Crippen LogP) is 2.21. The molecular weight excluding hydrogens is 297 g/mol. The minimum Gasteiger partial charge on any atom is -0.333 e. The molecule has 0 atom stereocenters. The van der Waals surface area contributed by atoms with Crippen LogP contribution in [0.3, 0.4) is 0 Å². The maximum absolute atomic E-state index is 14.0. The Morgan fingerprint density at radius 3 is 2.71 bits per heavy atom. The van der Waals surface area contributed by atoms with Gasteiger partial charge in [-0.05, 0) is 19.1 Å². The quantitative estimate of drug-likeness (QED) is 0.817. The van der Waals surface area contributed by atoms with Crippen LogP contribution in [0.2, 0.25) is 5.02 Å². The number of anilines is 1. The number of nitrogens with zero attached hydrogens (tertiary/aromatic N) is 3. The van der Waals surface area contributed by atoms with Gasteiger partial charge in [-0.2, -0.15) is 0 Å². The molecule has 1 aliphatic heterocycles. The monoisotopic (exact) mass is 307 g/mol. The summed E-state index contributed by atoms with van der Waals surface area (Å²) in [5, 5.41) is 0.0889. The van der Waals surface area contributed by atoms with Crippen LogP contribution in [-0.4, -0.2) is 27.8 Å². The van der Waals surface area contributed by atoms with Crippen molar-refractivity contribution >= 4 is 29.0 Å². The number of aromatic nitrogens is 2. The number of fused-ring (bicyclic) bond motifs is 1. The molecule has 1 aliphatic rings. The summed E-state index contributed by atoms with van der Waals surface area (Å²) in [6, 6.07) is 2.44. The van der Waals surface area contributed by atoms with E-state index in [0.717, 1.165) is 16.8 Å². The Bertz CT molecular complexity index is 757. The standard InChI is InChI=1S/C14H11ClFN3O2/c1-8-17-4-5-18(8)6-7-19-12-10(16)3-2-9(15)11(12)13(20)14(19)21/h2-5H,6-7H2,1H3. The molecule has 0 N–H and O–H groups in total. The van der Waals surface area contributed by atoms with Gasteiger partial charge >= 0.3 is 0 Å². The molecule has 0 bridgehead atoms. The van der Waals surface area contributed by atoms with Crippen molar-refractivity contribution < 1.29 is 14.0 Å². The van der Waals surface area contributed by atoms with E-state index in [-0.39, 0.29) is 22.8 Å². The number of carbonyl (C=O) groups excluding carboxylic acids is 2. The minimum absolute atomic E-state index is 0.0322. The lowest BCUT2D eigenvalue weighted by molar-refractivity contribution is -0.114. The first-order valence-corrected chi connectivity index (χ1v) is 6.70. The van der Waals surface area contributed by atoms with Gasteiger partial charge in [0.25, 0.3) is 11.7 Å². The molecule has 108 valence electrons. The molecule has 0 unspecified atom stereocenters. The van der Waals surface area contributed by atoms with Crippen LogP contribution in [0.15, 0.2) is 24.5 Å². The SMILES string of the molecule is Cc1nccn1CCN1C(=O)C(=O)c2c(Cl)ccc(F)c21. The topological polar surface area (TPSA) is 55.2 Å². The van der Waals surface area contributed by atoms with Crippen molar-refractivity contribution in [1.82, 2.24) is 9.55 Å². The normalized spacial score (nSPS) is 14.0. The van der Waals surface area contributed by atoms with Gasteiger partial charge in [0, 0.05) is 25.5 Å². The second-order valence-corrected chi connectivity index (χ2v) is 5.11. The highest BCUT2D eigenvalue weighted by Crippen LogP contribution is 2.36. The van der Waals surface area contributed by atoms with Crippen LogP contribution in [0.4, 0.5) is 10.1 Å². The zero-order chi connectivity index (χ0) is 15.1. The summed E-state index contributed by atoms with van der Waals surface area (Å²) >= 11 is 5.91. The Kier molecular flexibility index (Phi) is 3.25. The fraction of sp³-hybridized carbons (Fsp3) is 0.214. The van der Waals surface area contributed by atoms with E-state index in [1.807, 2.05) is 11.5 Å². The Balaban J connectivity index is 1.95. The molecule has 0 spiro atoms. The number of carbonyl (C=O) groups is 2. The number of hydrogen-bond donors (Lipinski definition) is 0. The average molecular weight is 308 g/mol. The number of Topliss-reactive ketones (excluding diaryl/α,β-unsaturated/α-hetero) is 1. The van der Waals surface area contributed by atoms with Crippen molar-refractivity contribution in [3.63, 3.8) is 0 Å². The van der Waals surface area contributed by atoms with Gasteiger partial charge in [-0.15, -0.1) is 0 Å². The summed E-state index contributed by atoms with van der Waals surface area (Å²) in [5.74, 6) is -1.37. The van der Waals surface area contributed by atoms with Gasteiger partial charge in [-0.25, -0.2) is 9.37 Å². The highest BCUT2D eigenvalue weighted by Gasteiger charge is 2.39. The zero-order valence-corrected chi connectivity index (χ0v) is 11.9. The maximum atomic E-state index is 14.0. The molecule has 0 aliphatic carbocycles. The van der Waals surface area contributed by atoms with Crippen LogP contribution in [0, 0.1) is 12.7 Å². The lowest BCUT2D eigenvalue weighted by atomic mass is 10.1. The molecule has 0 saturated heterocycles. The molecule has 7 heteroatoms. The van der Waals surface area contributed by atoms with Crippen LogP contribution < -0.4 is 4.90 Å². The summed E-state index contributed by atoms with van der Waals surface area (Å²) in [5.41, 5.74) is -0.0840. The molecule has 1 amide bonds. The van der Waals surface area contributed by atoms with E-state index >= 15 is 0 Å². The summed E-state index contributed by atoms with van der Waals surface area (Å²) in [4.78, 5) is 29.2. The Morgan fingerprint density at radius 1 is 1.29 bits per heavy atom. The smallest absolute Gasteiger partial charge is 0.299 e. The van der Waals surface area contributed by atoms with Gasteiger partial charge in [-0.3, -0.25) is 9.59 Å². The van der Waals surface area contributed by atoms with Crippen molar-refractivity contribution in [2.24, 2.45) is 0 Å². The summed E-state index contributed by atoms with van der Waals surface area (Å²) in [6.07, 6.45) is 3.39. The van der Waals surface area contributed by atoms with E-state index in [9.17, 15) is 14.0 Å². The Hall–Kier alpha value is -2.21. The first-order valence-electron chi connectivity index (χ1n) is 6.32. The third-order valence-corrected chi connectivity index (χ3v) is 3.82. The van der Waals surface area contributed by atoms with Gasteiger partial charge < -0.3 is 9.47 Å². The molecule has 0 radical (unpaired) electrons. The lowest BCUT2D eigenvalue weighted by Crippen LogP contribution is -2.33. The number of hydrogen-bond acceptors (Lipinski definition) is 3. The second-order valence-electron chi connectivity index (χ2n) is 4.71. The number of imidazole rings is 1. The van der Waals surface area contributed by atoms with Gasteiger partial charge in [0.15, 0.2) is 0 Å². The van der Waals surface area contributed by atoms with Gasteiger partial charge in [0.1, 0.15) is 11.6 Å². The van der Waals surface area contributed by atoms with Crippen molar-refractivity contribution in [2.45, 2.75) is 13.5 Å². The molecule has 21 heavy (non-hydrogen) atoms. The highest BCUT2D eigenvalue weighted by molar-refractivity contribution is 6.55. The van der Waals surface area contributed by atoms with Crippen LogP contribution in [0.25, 0.3) is 0 Å². The Morgan fingerprint density at radius 2 is 2.05 bits per heavy atom. The molecule has 2 heterocycles. The number of aryl methyl sites for hydroxylation is 1. The van der Waals surface area contributed by atoms with Crippen LogP contribution >= 0.6 is 11.6 Å². The van der Waals surface area contributed by atoms with E-state index < -0.39 is 17.5 Å². The summed E-state index contributed by atoms with van der Waals surface area (Å²) in [6.45, 7) is 2.41. The first kappa shape index (κ1) is 13.8. The summed E-state index contributed by atoms with van der Waals surface area (Å²) < 4.78 is 15.8. The van der Waals surface area contributed by atoms with Crippen molar-refractivity contribution in [2.75, 3.05) is 11.4 Å². The minimum atomic E-state index is -0.767. The maximum Gasteiger partial charge on any atom is 0.299 e. The highest BCUT2D eigenvalue weighted by atomic mass is 35.5. The molecular formula is C14H11ClFN3O2. The molecule has 3 rings (SSSR count). The van der Waals surface area contributed by atoms with Crippen molar-refractivity contribution in [3.8, 4) is 0 Å². The molecule has 1 aromatic carbocycles. The van der Waals surface area contributed by atoms with E-state index in [1.165, 1.54) is 6.07 Å². The van der Waals surface area contributed by atoms with E-state index in [1.54, 1.807) is 12.4 Å². The number of rotatable bonds is 3. The largest absolute Gasteiger partial charge is 0.333 e. The van der Waals surface area contributed by atoms with Gasteiger partial charge in [0.05, 0.1) is 16.3 Å². The van der Waals surface area contributed by atoms with Crippen LogP contribution in [0.1, 0.15) is 16.2 Å². The van der Waals surface area contributed by atoms with Crippen LogP contribution in [0.5, 0.6) is 0 Å². The number of ketones is 1. The van der Waals surface area contributed by atoms with E-state index in [4.69, 9.17) is 11.6 Å². The number of benzene rings is 1. The third kappa shape index (κ3) is 2.12. The summed E-state index contributed by atoms with van der Waals surface area (Å²) in [7, 11) is 0. The molecule has 0 saturated carbocycles. The predicted molar refractivity (Wildman–Crippen MR) is 75.1 cm³/mol. The second kappa shape index (κ2) is 4.96. The Labute approximate surface area is 124 Å². The van der Waals surface area contributed by atoms with Gasteiger partial charge in [0.2, 0.25) is 0 Å².